The van der Waals surface area contributed by atoms with Crippen molar-refractivity contribution in [3.05, 3.63) is 36.3 Å². The van der Waals surface area contributed by atoms with E-state index in [-0.39, 0.29) is 17.2 Å². The Labute approximate surface area is 152 Å². The van der Waals surface area contributed by atoms with Crippen molar-refractivity contribution in [2.45, 2.75) is 44.9 Å². The van der Waals surface area contributed by atoms with Gasteiger partial charge in [-0.2, -0.15) is 0 Å². The first-order chi connectivity index (χ1) is 12.6. The Morgan fingerprint density at radius 1 is 1.08 bits per heavy atom. The lowest BCUT2D eigenvalue weighted by Crippen LogP contribution is -2.50. The molecule has 2 heterocycles. The van der Waals surface area contributed by atoms with Crippen LogP contribution < -0.4 is 10.9 Å². The van der Waals surface area contributed by atoms with Crippen LogP contribution in [0.25, 0.3) is 5.65 Å². The number of hydrogen-bond acceptors (Lipinski definition) is 3. The number of nitrogens with zero attached hydrogens (tertiary/aromatic N) is 2. The smallest absolute Gasteiger partial charge is 0.271 e. The average molecular weight is 352 g/mol. The van der Waals surface area contributed by atoms with Crippen molar-refractivity contribution in [2.75, 3.05) is 0 Å². The molecule has 4 saturated carbocycles. The fourth-order valence-electron chi connectivity index (χ4n) is 6.14. The predicted molar refractivity (Wildman–Crippen MR) is 96.0 cm³/mol. The predicted octanol–water partition coefficient (Wildman–Crippen LogP) is 2.70. The summed E-state index contributed by atoms with van der Waals surface area (Å²) >= 11 is 0. The molecule has 2 aromatic rings. The lowest BCUT2D eigenvalue weighted by molar-refractivity contribution is -0.130. The van der Waals surface area contributed by atoms with Gasteiger partial charge in [0.1, 0.15) is 5.65 Å². The maximum absolute atomic E-state index is 12.5. The average Bonchev–Trinajstić information content (AvgIpc) is 3.05. The molecule has 6 rings (SSSR count). The first-order valence-corrected chi connectivity index (χ1v) is 9.60. The van der Waals surface area contributed by atoms with Crippen molar-refractivity contribution in [1.82, 2.24) is 20.2 Å². The highest BCUT2D eigenvalue weighted by atomic mass is 16.2. The highest BCUT2D eigenvalue weighted by Gasteiger charge is 2.51. The van der Waals surface area contributed by atoms with E-state index in [4.69, 9.17) is 0 Å². The van der Waals surface area contributed by atoms with E-state index in [1.165, 1.54) is 38.5 Å². The summed E-state index contributed by atoms with van der Waals surface area (Å²) < 4.78 is 1.78. The molecule has 4 fully saturated rings. The number of pyridine rings is 1. The number of hydrogen-bond donors (Lipinski definition) is 2. The molecular formula is C20H24N4O2. The van der Waals surface area contributed by atoms with E-state index >= 15 is 0 Å². The number of imidazole rings is 1. The number of hydrazine groups is 1. The number of amides is 2. The van der Waals surface area contributed by atoms with E-state index in [0.29, 0.717) is 12.0 Å². The second-order valence-electron chi connectivity index (χ2n) is 8.71. The van der Waals surface area contributed by atoms with Gasteiger partial charge in [-0.3, -0.25) is 20.4 Å². The van der Waals surface area contributed by atoms with Gasteiger partial charge in [0.2, 0.25) is 5.91 Å². The molecule has 0 radical (unpaired) electrons. The van der Waals surface area contributed by atoms with Gasteiger partial charge in [-0.1, -0.05) is 0 Å². The van der Waals surface area contributed by atoms with E-state index in [9.17, 15) is 9.59 Å². The van der Waals surface area contributed by atoms with Crippen LogP contribution >= 0.6 is 0 Å². The summed E-state index contributed by atoms with van der Waals surface area (Å²) in [5.74, 6) is 2.10. The minimum absolute atomic E-state index is 0.0657. The molecule has 4 bridgehead atoms. The van der Waals surface area contributed by atoms with Crippen molar-refractivity contribution in [3.8, 4) is 0 Å². The van der Waals surface area contributed by atoms with Gasteiger partial charge in [0.05, 0.1) is 5.56 Å². The summed E-state index contributed by atoms with van der Waals surface area (Å²) in [5.41, 5.74) is 6.66. The van der Waals surface area contributed by atoms with Crippen LogP contribution in [0.1, 0.15) is 55.3 Å². The van der Waals surface area contributed by atoms with Crippen LogP contribution in [0.3, 0.4) is 0 Å². The lowest BCUT2D eigenvalue weighted by atomic mass is 9.49. The van der Waals surface area contributed by atoms with Crippen LogP contribution in [-0.4, -0.2) is 21.2 Å². The first-order valence-electron chi connectivity index (χ1n) is 9.60. The van der Waals surface area contributed by atoms with Gasteiger partial charge in [0, 0.05) is 25.0 Å². The third-order valence-electron chi connectivity index (χ3n) is 6.67. The van der Waals surface area contributed by atoms with Crippen molar-refractivity contribution in [3.63, 3.8) is 0 Å². The van der Waals surface area contributed by atoms with Gasteiger partial charge in [0.25, 0.3) is 5.91 Å². The molecule has 6 nitrogen and oxygen atoms in total. The minimum atomic E-state index is -0.306. The zero-order valence-corrected chi connectivity index (χ0v) is 14.8. The SMILES string of the molecule is O=C(CC12CC3CC(CC(C3)C1)C2)NNC(=O)c1ccc2nccn2c1. The molecule has 0 aliphatic heterocycles. The number of carbonyl (C=O) groups excluding carboxylic acids is 2. The highest BCUT2D eigenvalue weighted by Crippen LogP contribution is 2.61. The van der Waals surface area contributed by atoms with Crippen molar-refractivity contribution >= 4 is 17.5 Å². The Morgan fingerprint density at radius 2 is 1.77 bits per heavy atom. The van der Waals surface area contributed by atoms with E-state index in [2.05, 4.69) is 15.8 Å². The number of rotatable bonds is 3. The monoisotopic (exact) mass is 352 g/mol. The second kappa shape index (κ2) is 5.83. The maximum atomic E-state index is 12.5. The number of fused-ring (bicyclic) bond motifs is 1. The van der Waals surface area contributed by atoms with Crippen molar-refractivity contribution in [1.29, 1.82) is 0 Å². The summed E-state index contributed by atoms with van der Waals surface area (Å²) in [6.45, 7) is 0. The number of aromatic nitrogens is 2. The third-order valence-corrected chi connectivity index (χ3v) is 6.67. The molecule has 4 aliphatic rings. The van der Waals surface area contributed by atoms with E-state index in [0.717, 1.165) is 23.4 Å². The molecule has 2 N–H and O–H groups in total. The fourth-order valence-corrected chi connectivity index (χ4v) is 6.14. The standard InChI is InChI=1S/C20H24N4O2/c25-18(11-20-8-13-5-14(9-20)7-15(6-13)10-20)22-23-19(26)16-1-2-17-21-3-4-24(17)12-16/h1-4,12-15H,5-11H2,(H,22,25)(H,23,26). The zero-order chi connectivity index (χ0) is 17.7. The number of nitrogens with one attached hydrogen (secondary N) is 2. The van der Waals surface area contributed by atoms with Gasteiger partial charge in [-0.15, -0.1) is 0 Å². The van der Waals surface area contributed by atoms with Gasteiger partial charge < -0.3 is 4.40 Å². The fraction of sp³-hybridized carbons (Fsp3) is 0.550. The Hall–Kier alpha value is -2.37. The summed E-state index contributed by atoms with van der Waals surface area (Å²) in [6, 6.07) is 3.50. The van der Waals surface area contributed by atoms with Crippen LogP contribution in [0, 0.1) is 23.2 Å². The summed E-state index contributed by atoms with van der Waals surface area (Å²) in [7, 11) is 0. The summed E-state index contributed by atoms with van der Waals surface area (Å²) in [5, 5.41) is 0. The molecule has 2 amide bonds. The molecule has 0 spiro atoms. The van der Waals surface area contributed by atoms with E-state index in [1.807, 2.05) is 0 Å². The van der Waals surface area contributed by atoms with Crippen LogP contribution in [0.5, 0.6) is 0 Å². The van der Waals surface area contributed by atoms with Crippen LogP contribution in [0.15, 0.2) is 30.7 Å². The van der Waals surface area contributed by atoms with Gasteiger partial charge in [-0.25, -0.2) is 4.98 Å². The van der Waals surface area contributed by atoms with Crippen LogP contribution in [-0.2, 0) is 4.79 Å². The summed E-state index contributed by atoms with van der Waals surface area (Å²) in [6.07, 6.45) is 13.4. The third kappa shape index (κ3) is 2.77. The molecular weight excluding hydrogens is 328 g/mol. The molecule has 0 aromatic carbocycles. The lowest BCUT2D eigenvalue weighted by Gasteiger charge is -2.56. The minimum Gasteiger partial charge on any atom is -0.306 e. The molecule has 0 atom stereocenters. The quantitative estimate of drug-likeness (QED) is 0.834. The molecule has 4 aliphatic carbocycles. The Kier molecular flexibility index (Phi) is 3.55. The Balaban J connectivity index is 1.20. The van der Waals surface area contributed by atoms with Gasteiger partial charge >= 0.3 is 0 Å². The van der Waals surface area contributed by atoms with Crippen LogP contribution in [0.2, 0.25) is 0 Å². The van der Waals surface area contributed by atoms with Gasteiger partial charge in [0.15, 0.2) is 0 Å². The van der Waals surface area contributed by atoms with Crippen molar-refractivity contribution in [2.24, 2.45) is 23.2 Å². The van der Waals surface area contributed by atoms with Crippen molar-refractivity contribution < 1.29 is 9.59 Å². The first kappa shape index (κ1) is 15.9. The highest BCUT2D eigenvalue weighted by molar-refractivity contribution is 5.95. The largest absolute Gasteiger partial charge is 0.306 e. The molecule has 0 unspecified atom stereocenters. The van der Waals surface area contributed by atoms with E-state index < -0.39 is 0 Å². The Morgan fingerprint density at radius 3 is 2.46 bits per heavy atom. The molecule has 6 heteroatoms. The molecule has 2 aromatic heterocycles. The topological polar surface area (TPSA) is 75.5 Å². The molecule has 136 valence electrons. The summed E-state index contributed by atoms with van der Waals surface area (Å²) in [4.78, 5) is 29.0. The van der Waals surface area contributed by atoms with E-state index in [1.54, 1.807) is 35.1 Å². The van der Waals surface area contributed by atoms with Crippen LogP contribution in [0.4, 0.5) is 0 Å². The zero-order valence-electron chi connectivity index (χ0n) is 14.8. The second-order valence-corrected chi connectivity index (χ2v) is 8.71. The van der Waals surface area contributed by atoms with Gasteiger partial charge in [-0.05, 0) is 73.8 Å². The Bertz CT molecular complexity index is 836. The normalized spacial score (nSPS) is 31.9. The molecule has 0 saturated heterocycles. The maximum Gasteiger partial charge on any atom is 0.271 e. The number of carbonyl (C=O) groups is 2. The molecule has 26 heavy (non-hydrogen) atoms.